The maximum atomic E-state index is 12.5. The van der Waals surface area contributed by atoms with Crippen LogP contribution < -0.4 is 15.0 Å². The predicted molar refractivity (Wildman–Crippen MR) is 102 cm³/mol. The first-order valence-electron chi connectivity index (χ1n) is 9.26. The zero-order valence-electron chi connectivity index (χ0n) is 15.5. The lowest BCUT2D eigenvalue weighted by molar-refractivity contribution is -0.117. The topological polar surface area (TPSA) is 54.5 Å². The van der Waals surface area contributed by atoms with Crippen molar-refractivity contribution in [2.45, 2.75) is 38.8 Å². The summed E-state index contributed by atoms with van der Waals surface area (Å²) in [7, 11) is 1.62. The zero-order valence-corrected chi connectivity index (χ0v) is 15.5. The Kier molecular flexibility index (Phi) is 4.31. The molecule has 1 amide bonds. The van der Waals surface area contributed by atoms with Gasteiger partial charge in [0.05, 0.1) is 24.5 Å². The second kappa shape index (κ2) is 6.63. The van der Waals surface area contributed by atoms with Gasteiger partial charge in [-0.2, -0.15) is 0 Å². The summed E-state index contributed by atoms with van der Waals surface area (Å²) < 4.78 is 5.35. The molecule has 0 saturated heterocycles. The van der Waals surface area contributed by atoms with Crippen molar-refractivity contribution in [3.05, 3.63) is 48.2 Å². The SMILES string of the molecule is COc1ccc2c(n1)[C@H](Nc1ccccc1)[C@@H](C)[C@H](C1CC1)N2C(C)=O. The molecule has 1 N–H and O–H groups in total. The van der Waals surface area contributed by atoms with Gasteiger partial charge in [-0.05, 0) is 37.0 Å². The van der Waals surface area contributed by atoms with E-state index in [1.807, 2.05) is 35.2 Å². The number of nitrogens with zero attached hydrogens (tertiary/aromatic N) is 2. The van der Waals surface area contributed by atoms with Gasteiger partial charge in [0.25, 0.3) is 0 Å². The number of hydrogen-bond acceptors (Lipinski definition) is 4. The summed E-state index contributed by atoms with van der Waals surface area (Å²) in [6.07, 6.45) is 2.38. The molecule has 136 valence electrons. The summed E-state index contributed by atoms with van der Waals surface area (Å²) in [4.78, 5) is 19.2. The molecule has 1 aliphatic heterocycles. The number of fused-ring (bicyclic) bond motifs is 1. The number of para-hydroxylation sites is 1. The smallest absolute Gasteiger partial charge is 0.224 e. The molecule has 5 nitrogen and oxygen atoms in total. The molecule has 5 heteroatoms. The first kappa shape index (κ1) is 16.9. The monoisotopic (exact) mass is 351 g/mol. The molecule has 1 saturated carbocycles. The van der Waals surface area contributed by atoms with E-state index < -0.39 is 0 Å². The fourth-order valence-electron chi connectivity index (χ4n) is 4.21. The molecule has 2 aromatic rings. The van der Waals surface area contributed by atoms with Gasteiger partial charge in [0, 0.05) is 30.6 Å². The van der Waals surface area contributed by atoms with Gasteiger partial charge >= 0.3 is 0 Å². The molecule has 0 spiro atoms. The maximum absolute atomic E-state index is 12.5. The molecule has 0 bridgehead atoms. The second-order valence-electron chi connectivity index (χ2n) is 7.32. The van der Waals surface area contributed by atoms with E-state index in [9.17, 15) is 4.79 Å². The van der Waals surface area contributed by atoms with Crippen LogP contribution >= 0.6 is 0 Å². The number of methoxy groups -OCH3 is 1. The number of carbonyl (C=O) groups is 1. The summed E-state index contributed by atoms with van der Waals surface area (Å²) >= 11 is 0. The third kappa shape index (κ3) is 2.91. The Morgan fingerprint density at radius 2 is 1.92 bits per heavy atom. The Labute approximate surface area is 154 Å². The highest BCUT2D eigenvalue weighted by Crippen LogP contribution is 2.49. The number of benzene rings is 1. The third-order valence-corrected chi connectivity index (χ3v) is 5.54. The number of anilines is 2. The highest BCUT2D eigenvalue weighted by atomic mass is 16.5. The number of pyridine rings is 1. The Bertz CT molecular complexity index is 804. The number of hydrogen-bond donors (Lipinski definition) is 1. The number of ether oxygens (including phenoxy) is 1. The van der Waals surface area contributed by atoms with E-state index in [2.05, 4.69) is 24.4 Å². The third-order valence-electron chi connectivity index (χ3n) is 5.54. The lowest BCUT2D eigenvalue weighted by Crippen LogP contribution is -2.51. The van der Waals surface area contributed by atoms with Gasteiger partial charge in [-0.15, -0.1) is 0 Å². The van der Waals surface area contributed by atoms with E-state index >= 15 is 0 Å². The Balaban J connectivity index is 1.81. The molecule has 4 rings (SSSR count). The van der Waals surface area contributed by atoms with Crippen molar-refractivity contribution in [3.63, 3.8) is 0 Å². The fraction of sp³-hybridized carbons (Fsp3) is 0.429. The molecule has 1 aliphatic carbocycles. The van der Waals surface area contributed by atoms with Gasteiger partial charge in [-0.25, -0.2) is 4.98 Å². The normalized spacial score (nSPS) is 24.7. The molecule has 2 heterocycles. The summed E-state index contributed by atoms with van der Waals surface area (Å²) in [5.74, 6) is 1.48. The number of rotatable bonds is 4. The van der Waals surface area contributed by atoms with Crippen LogP contribution in [0.25, 0.3) is 0 Å². The van der Waals surface area contributed by atoms with E-state index in [-0.39, 0.29) is 23.9 Å². The van der Waals surface area contributed by atoms with E-state index in [0.717, 1.165) is 17.1 Å². The summed E-state index contributed by atoms with van der Waals surface area (Å²) in [6.45, 7) is 3.88. The Hall–Kier alpha value is -2.56. The van der Waals surface area contributed by atoms with Gasteiger partial charge < -0.3 is 15.0 Å². The predicted octanol–water partition coefficient (Wildman–Crippen LogP) is 4.02. The molecular formula is C21H25N3O2. The zero-order chi connectivity index (χ0) is 18.3. The van der Waals surface area contributed by atoms with E-state index in [4.69, 9.17) is 9.72 Å². The van der Waals surface area contributed by atoms with E-state index in [0.29, 0.717) is 11.8 Å². The molecule has 1 aromatic heterocycles. The minimum Gasteiger partial charge on any atom is -0.481 e. The number of amides is 1. The van der Waals surface area contributed by atoms with Gasteiger partial charge in [-0.3, -0.25) is 4.79 Å². The van der Waals surface area contributed by atoms with Crippen molar-refractivity contribution in [1.29, 1.82) is 0 Å². The van der Waals surface area contributed by atoms with Crippen LogP contribution in [-0.4, -0.2) is 24.0 Å². The lowest BCUT2D eigenvalue weighted by Gasteiger charge is -2.45. The van der Waals surface area contributed by atoms with Crippen LogP contribution in [0.5, 0.6) is 5.88 Å². The molecule has 1 fully saturated rings. The molecule has 26 heavy (non-hydrogen) atoms. The summed E-state index contributed by atoms with van der Waals surface area (Å²) in [5.41, 5.74) is 2.85. The molecule has 3 atom stereocenters. The van der Waals surface area contributed by atoms with Gasteiger partial charge in [0.15, 0.2) is 0 Å². The highest BCUT2D eigenvalue weighted by molar-refractivity contribution is 5.94. The van der Waals surface area contributed by atoms with Crippen LogP contribution in [0.3, 0.4) is 0 Å². The average Bonchev–Trinajstić information content (AvgIpc) is 3.48. The largest absolute Gasteiger partial charge is 0.481 e. The van der Waals surface area contributed by atoms with Crippen LogP contribution in [0, 0.1) is 11.8 Å². The average molecular weight is 351 g/mol. The highest BCUT2D eigenvalue weighted by Gasteiger charge is 2.48. The Morgan fingerprint density at radius 3 is 2.54 bits per heavy atom. The van der Waals surface area contributed by atoms with Crippen LogP contribution in [-0.2, 0) is 4.79 Å². The summed E-state index contributed by atoms with van der Waals surface area (Å²) in [6, 6.07) is 14.2. The van der Waals surface area contributed by atoms with E-state index in [1.54, 1.807) is 14.0 Å². The first-order chi connectivity index (χ1) is 12.6. The van der Waals surface area contributed by atoms with Crippen molar-refractivity contribution in [3.8, 4) is 5.88 Å². The van der Waals surface area contributed by atoms with Crippen molar-refractivity contribution in [2.75, 3.05) is 17.3 Å². The molecule has 0 unspecified atom stereocenters. The van der Waals surface area contributed by atoms with Crippen LogP contribution in [0.15, 0.2) is 42.5 Å². The van der Waals surface area contributed by atoms with Gasteiger partial charge in [-0.1, -0.05) is 25.1 Å². The number of carbonyl (C=O) groups excluding carboxylic acids is 1. The van der Waals surface area contributed by atoms with Gasteiger partial charge in [0.2, 0.25) is 11.8 Å². The molecule has 1 aromatic carbocycles. The standard InChI is InChI=1S/C21H25N3O2/c1-13-19(22-16-7-5-4-6-8-16)20-17(11-12-18(23-20)26-3)24(14(2)25)21(13)15-9-10-15/h4-8,11-13,15,19,21-22H,9-10H2,1-3H3/t13-,19-,21-/m1/s1. The van der Waals surface area contributed by atoms with Crippen LogP contribution in [0.2, 0.25) is 0 Å². The molecule has 2 aliphatic rings. The Morgan fingerprint density at radius 1 is 1.19 bits per heavy atom. The van der Waals surface area contributed by atoms with Crippen LogP contribution in [0.1, 0.15) is 38.4 Å². The quantitative estimate of drug-likeness (QED) is 0.904. The van der Waals surface area contributed by atoms with Crippen LogP contribution in [0.4, 0.5) is 11.4 Å². The van der Waals surface area contributed by atoms with Crippen molar-refractivity contribution < 1.29 is 9.53 Å². The number of nitrogens with one attached hydrogen (secondary N) is 1. The first-order valence-corrected chi connectivity index (χ1v) is 9.26. The fourth-order valence-corrected chi connectivity index (χ4v) is 4.21. The second-order valence-corrected chi connectivity index (χ2v) is 7.32. The molecule has 0 radical (unpaired) electrons. The minimum absolute atomic E-state index is 0.0312. The molecular weight excluding hydrogens is 326 g/mol. The van der Waals surface area contributed by atoms with Crippen molar-refractivity contribution >= 4 is 17.3 Å². The van der Waals surface area contributed by atoms with E-state index in [1.165, 1.54) is 12.8 Å². The lowest BCUT2D eigenvalue weighted by atomic mass is 9.82. The summed E-state index contributed by atoms with van der Waals surface area (Å²) in [5, 5.41) is 3.65. The minimum atomic E-state index is 0.0312. The van der Waals surface area contributed by atoms with Gasteiger partial charge in [0.1, 0.15) is 0 Å². The maximum Gasteiger partial charge on any atom is 0.224 e. The van der Waals surface area contributed by atoms with Crippen molar-refractivity contribution in [1.82, 2.24) is 4.98 Å². The number of aromatic nitrogens is 1. The van der Waals surface area contributed by atoms with Crippen molar-refractivity contribution in [2.24, 2.45) is 11.8 Å².